The Morgan fingerprint density at radius 1 is 1.17 bits per heavy atom. The minimum atomic E-state index is 0.563. The van der Waals surface area contributed by atoms with E-state index in [1.54, 1.807) is 11.3 Å². The maximum Gasteiger partial charge on any atom is 0.274 e. The van der Waals surface area contributed by atoms with E-state index in [1.165, 1.54) is 0 Å². The fraction of sp³-hybridized carbons (Fsp3) is 0.190. The Hall–Kier alpha value is -3.23. The lowest BCUT2D eigenvalue weighted by Crippen LogP contribution is -2.39. The normalized spacial score (nSPS) is 14.3. The number of fused-ring (bicyclic) bond motifs is 1. The van der Waals surface area contributed by atoms with Gasteiger partial charge in [0, 0.05) is 22.7 Å². The van der Waals surface area contributed by atoms with E-state index < -0.39 is 0 Å². The molecule has 0 atom stereocenters. The number of nitrogens with zero attached hydrogens (tertiary/aromatic N) is 3. The van der Waals surface area contributed by atoms with Gasteiger partial charge in [0.05, 0.1) is 35.3 Å². The fourth-order valence-electron chi connectivity index (χ4n) is 3.42. The second-order valence-electron chi connectivity index (χ2n) is 6.87. The van der Waals surface area contributed by atoms with E-state index >= 15 is 0 Å². The van der Waals surface area contributed by atoms with E-state index in [2.05, 4.69) is 31.6 Å². The van der Waals surface area contributed by atoms with Crippen molar-refractivity contribution in [2.75, 3.05) is 42.3 Å². The third kappa shape index (κ3) is 3.72. The van der Waals surface area contributed by atoms with E-state index in [0.717, 1.165) is 64.8 Å². The van der Waals surface area contributed by atoms with Crippen LogP contribution in [0.15, 0.2) is 54.2 Å². The van der Waals surface area contributed by atoms with Crippen LogP contribution in [0.5, 0.6) is 0 Å². The number of aromatic nitrogens is 3. The summed E-state index contributed by atoms with van der Waals surface area (Å²) < 4.78 is 6.45. The molecule has 1 fully saturated rings. The average molecular weight is 406 g/mol. The lowest BCUT2D eigenvalue weighted by molar-refractivity contribution is -0.363. The molecule has 0 radical (unpaired) electrons. The van der Waals surface area contributed by atoms with Gasteiger partial charge in [-0.05, 0) is 23.8 Å². The first-order chi connectivity index (χ1) is 14.3. The van der Waals surface area contributed by atoms with Gasteiger partial charge in [-0.15, -0.1) is 11.3 Å². The topological polar surface area (TPSA) is 90.4 Å². The Labute approximate surface area is 172 Å². The van der Waals surface area contributed by atoms with E-state index in [-0.39, 0.29) is 0 Å². The van der Waals surface area contributed by atoms with Crippen LogP contribution in [0.3, 0.4) is 0 Å². The summed E-state index contributed by atoms with van der Waals surface area (Å²) in [4.78, 5) is 14.8. The molecule has 0 spiro atoms. The standard InChI is InChI=1S/C21H20N6OS/c22-15-3-1-2-14(10-15)17-13-29-18-12-24-21(26-20(17)18)25-16-4-5-19(23-11-16)27-6-8-28-9-7-27/h1-5,10-13H,6-9,22H2,(H,24,25,26)/p+1. The van der Waals surface area contributed by atoms with Gasteiger partial charge < -0.3 is 15.8 Å². The van der Waals surface area contributed by atoms with E-state index in [4.69, 9.17) is 15.5 Å². The highest BCUT2D eigenvalue weighted by atomic mass is 32.1. The summed E-state index contributed by atoms with van der Waals surface area (Å²) in [6, 6.07) is 12.0. The number of thiophene rings is 1. The Morgan fingerprint density at radius 3 is 2.86 bits per heavy atom. The Bertz CT molecular complexity index is 1140. The lowest BCUT2D eigenvalue weighted by atomic mass is 10.1. The minimum absolute atomic E-state index is 0.563. The summed E-state index contributed by atoms with van der Waals surface area (Å²) in [5.41, 5.74) is 10.6. The summed E-state index contributed by atoms with van der Waals surface area (Å²) in [7, 11) is 0. The molecule has 4 aromatic rings. The quantitative estimate of drug-likeness (QED) is 0.506. The van der Waals surface area contributed by atoms with Gasteiger partial charge in [0.2, 0.25) is 5.95 Å². The van der Waals surface area contributed by atoms with Crippen LogP contribution in [0, 0.1) is 0 Å². The highest BCUT2D eigenvalue weighted by Gasteiger charge is 2.19. The van der Waals surface area contributed by atoms with Crippen LogP contribution < -0.4 is 20.9 Å². The number of hydrogen-bond acceptors (Lipinski definition) is 7. The zero-order valence-corrected chi connectivity index (χ0v) is 16.6. The van der Waals surface area contributed by atoms with Crippen LogP contribution in [-0.4, -0.2) is 36.3 Å². The largest absolute Gasteiger partial charge is 0.399 e. The zero-order chi connectivity index (χ0) is 19.6. The summed E-state index contributed by atoms with van der Waals surface area (Å²) >= 11 is 1.63. The summed E-state index contributed by atoms with van der Waals surface area (Å²) in [5.74, 6) is 1.64. The molecule has 7 nitrogen and oxygen atoms in total. The molecule has 1 aliphatic rings. The number of benzene rings is 1. The van der Waals surface area contributed by atoms with Crippen molar-refractivity contribution >= 4 is 44.7 Å². The van der Waals surface area contributed by atoms with Crippen molar-refractivity contribution in [3.63, 3.8) is 0 Å². The van der Waals surface area contributed by atoms with E-state index in [9.17, 15) is 0 Å². The van der Waals surface area contributed by atoms with Crippen molar-refractivity contribution in [2.45, 2.75) is 0 Å². The first kappa shape index (κ1) is 17.8. The number of morpholine rings is 1. The number of ether oxygens (including phenoxy) is 1. The lowest BCUT2D eigenvalue weighted by Gasteiger charge is -2.21. The van der Waals surface area contributed by atoms with E-state index in [1.807, 2.05) is 42.7 Å². The number of aromatic amines is 1. The van der Waals surface area contributed by atoms with Gasteiger partial charge >= 0.3 is 0 Å². The van der Waals surface area contributed by atoms with Crippen LogP contribution in [0.1, 0.15) is 0 Å². The van der Waals surface area contributed by atoms with Gasteiger partial charge in [0.15, 0.2) is 0 Å². The molecule has 0 saturated carbocycles. The number of hydrogen-bond donors (Lipinski definition) is 2. The first-order valence-corrected chi connectivity index (χ1v) is 10.4. The van der Waals surface area contributed by atoms with Crippen LogP contribution in [0.4, 0.5) is 23.1 Å². The maximum absolute atomic E-state index is 5.95. The van der Waals surface area contributed by atoms with Crippen molar-refractivity contribution in [3.05, 3.63) is 54.2 Å². The molecule has 1 aliphatic heterocycles. The Kier molecular flexibility index (Phi) is 4.71. The van der Waals surface area contributed by atoms with Gasteiger partial charge in [-0.1, -0.05) is 12.1 Å². The molecule has 0 amide bonds. The molecule has 4 N–H and O–H groups in total. The first-order valence-electron chi connectivity index (χ1n) is 9.48. The fourth-order valence-corrected chi connectivity index (χ4v) is 4.30. The predicted octanol–water partition coefficient (Wildman–Crippen LogP) is 3.33. The van der Waals surface area contributed by atoms with Crippen LogP contribution in [0.2, 0.25) is 0 Å². The van der Waals surface area contributed by atoms with Crippen LogP contribution >= 0.6 is 11.3 Å². The molecular weight excluding hydrogens is 384 g/mol. The van der Waals surface area contributed by atoms with Crippen molar-refractivity contribution in [2.24, 2.45) is 0 Å². The second kappa shape index (κ2) is 7.65. The number of rotatable bonds is 4. The monoisotopic (exact) mass is 405 g/mol. The Morgan fingerprint density at radius 2 is 2.07 bits per heavy atom. The molecule has 29 heavy (non-hydrogen) atoms. The molecule has 8 heteroatoms. The SMILES string of the molecule is Nc1cccc(-c2csc3cnc(Nc4ccc(N5CCOCC5)[nH+]c4)nc23)c1. The molecule has 0 unspecified atom stereocenters. The van der Waals surface area contributed by atoms with Crippen LogP contribution in [-0.2, 0) is 4.74 Å². The predicted molar refractivity (Wildman–Crippen MR) is 117 cm³/mol. The van der Waals surface area contributed by atoms with Crippen molar-refractivity contribution in [1.82, 2.24) is 9.97 Å². The van der Waals surface area contributed by atoms with Gasteiger partial charge in [0.1, 0.15) is 19.3 Å². The summed E-state index contributed by atoms with van der Waals surface area (Å²) in [5, 5.41) is 5.39. The molecular formula is C21H21N6OS+. The summed E-state index contributed by atoms with van der Waals surface area (Å²) in [6.07, 6.45) is 3.79. The molecule has 1 aromatic carbocycles. The molecule has 0 bridgehead atoms. The van der Waals surface area contributed by atoms with E-state index in [0.29, 0.717) is 5.95 Å². The van der Waals surface area contributed by atoms with Gasteiger partial charge in [0.25, 0.3) is 5.82 Å². The number of pyridine rings is 1. The highest BCUT2D eigenvalue weighted by molar-refractivity contribution is 7.17. The third-order valence-electron chi connectivity index (χ3n) is 4.92. The molecule has 3 aromatic heterocycles. The van der Waals surface area contributed by atoms with Crippen molar-refractivity contribution in [3.8, 4) is 11.1 Å². The molecule has 1 saturated heterocycles. The summed E-state index contributed by atoms with van der Waals surface area (Å²) in [6.45, 7) is 3.32. The minimum Gasteiger partial charge on any atom is -0.399 e. The number of anilines is 4. The molecule has 4 heterocycles. The molecule has 0 aliphatic carbocycles. The second-order valence-corrected chi connectivity index (χ2v) is 7.78. The Balaban J connectivity index is 1.40. The van der Waals surface area contributed by atoms with Gasteiger partial charge in [-0.25, -0.2) is 15.0 Å². The number of nitrogen functional groups attached to an aromatic ring is 1. The van der Waals surface area contributed by atoms with Crippen molar-refractivity contribution in [1.29, 1.82) is 0 Å². The number of nitrogens with one attached hydrogen (secondary N) is 2. The smallest absolute Gasteiger partial charge is 0.274 e. The highest BCUT2D eigenvalue weighted by Crippen LogP contribution is 2.33. The number of nitrogens with two attached hydrogens (primary N) is 1. The number of H-pyrrole nitrogens is 1. The van der Waals surface area contributed by atoms with Crippen molar-refractivity contribution < 1.29 is 9.72 Å². The van der Waals surface area contributed by atoms with Gasteiger partial charge in [-0.2, -0.15) is 0 Å². The average Bonchev–Trinajstić information content (AvgIpc) is 3.18. The van der Waals surface area contributed by atoms with Crippen LogP contribution in [0.25, 0.3) is 21.3 Å². The maximum atomic E-state index is 5.95. The third-order valence-corrected chi connectivity index (χ3v) is 5.82. The zero-order valence-electron chi connectivity index (χ0n) is 15.8. The molecule has 5 rings (SSSR count). The molecule has 146 valence electrons. The van der Waals surface area contributed by atoms with Gasteiger partial charge in [-0.3, -0.25) is 4.90 Å².